The Kier molecular flexibility index (Phi) is 7.56. The van der Waals surface area contributed by atoms with Gasteiger partial charge in [0.2, 0.25) is 5.91 Å². The zero-order valence-corrected chi connectivity index (χ0v) is 15.4. The number of benzene rings is 2. The summed E-state index contributed by atoms with van der Waals surface area (Å²) >= 11 is 5.89. The van der Waals surface area contributed by atoms with E-state index in [4.69, 9.17) is 16.3 Å². The summed E-state index contributed by atoms with van der Waals surface area (Å²) in [4.78, 5) is 12.2. The van der Waals surface area contributed by atoms with E-state index in [-0.39, 0.29) is 18.3 Å². The van der Waals surface area contributed by atoms with Crippen molar-refractivity contribution >= 4 is 35.6 Å². The molecule has 0 aromatic heterocycles. The number of nitrogens with one attached hydrogen (secondary N) is 2. The summed E-state index contributed by atoms with van der Waals surface area (Å²) in [7, 11) is 0. The van der Waals surface area contributed by atoms with Crippen molar-refractivity contribution in [3.8, 4) is 11.5 Å². The molecule has 1 unspecified atom stereocenters. The second-order valence-corrected chi connectivity index (χ2v) is 6.43. The van der Waals surface area contributed by atoms with Gasteiger partial charge < -0.3 is 15.4 Å². The van der Waals surface area contributed by atoms with Crippen LogP contribution in [-0.4, -0.2) is 19.0 Å². The first-order valence-electron chi connectivity index (χ1n) is 8.24. The van der Waals surface area contributed by atoms with Crippen LogP contribution in [0, 0.1) is 5.92 Å². The number of carbonyl (C=O) groups is 1. The van der Waals surface area contributed by atoms with E-state index in [2.05, 4.69) is 10.6 Å². The van der Waals surface area contributed by atoms with Crippen molar-refractivity contribution < 1.29 is 9.53 Å². The standard InChI is InChI=1S/C19H21ClN2O2.ClH/c20-15-6-8-16(9-7-15)24-18-4-2-1-3-17(18)22-19(23)10-5-14-11-12-21-13-14;/h1-4,6-9,14,21H,5,10-13H2,(H,22,23);1H. The molecule has 0 aliphatic carbocycles. The lowest BCUT2D eigenvalue weighted by Crippen LogP contribution is -2.15. The van der Waals surface area contributed by atoms with E-state index in [0.29, 0.717) is 34.5 Å². The maximum atomic E-state index is 12.2. The highest BCUT2D eigenvalue weighted by Crippen LogP contribution is 2.30. The van der Waals surface area contributed by atoms with Gasteiger partial charge in [0, 0.05) is 11.4 Å². The van der Waals surface area contributed by atoms with Crippen molar-refractivity contribution in [1.29, 1.82) is 0 Å². The number of carbonyl (C=O) groups excluding carboxylic acids is 1. The molecule has 4 nitrogen and oxygen atoms in total. The molecule has 134 valence electrons. The van der Waals surface area contributed by atoms with Crippen LogP contribution in [0.3, 0.4) is 0 Å². The van der Waals surface area contributed by atoms with Crippen LogP contribution in [0.4, 0.5) is 5.69 Å². The van der Waals surface area contributed by atoms with E-state index in [1.165, 1.54) is 0 Å². The molecule has 0 saturated carbocycles. The zero-order valence-electron chi connectivity index (χ0n) is 13.8. The van der Waals surface area contributed by atoms with Crippen molar-refractivity contribution in [1.82, 2.24) is 5.32 Å². The molecule has 1 saturated heterocycles. The fourth-order valence-electron chi connectivity index (χ4n) is 2.80. The second kappa shape index (κ2) is 9.66. The third-order valence-corrected chi connectivity index (χ3v) is 4.40. The molecule has 2 N–H and O–H groups in total. The maximum Gasteiger partial charge on any atom is 0.224 e. The van der Waals surface area contributed by atoms with Gasteiger partial charge in [-0.05, 0) is 68.2 Å². The Hall–Kier alpha value is -1.75. The topological polar surface area (TPSA) is 50.4 Å². The number of amides is 1. The molecule has 25 heavy (non-hydrogen) atoms. The monoisotopic (exact) mass is 380 g/mol. The Morgan fingerprint density at radius 2 is 1.96 bits per heavy atom. The minimum Gasteiger partial charge on any atom is -0.455 e. The second-order valence-electron chi connectivity index (χ2n) is 6.00. The Bertz CT molecular complexity index is 686. The normalized spacial score (nSPS) is 16.1. The molecule has 1 aliphatic heterocycles. The van der Waals surface area contributed by atoms with Crippen LogP contribution in [0.25, 0.3) is 0 Å². The molecule has 0 spiro atoms. The Labute approximate surface area is 159 Å². The quantitative estimate of drug-likeness (QED) is 0.750. The molecule has 1 amide bonds. The third kappa shape index (κ3) is 5.92. The van der Waals surface area contributed by atoms with Crippen LogP contribution in [-0.2, 0) is 4.79 Å². The number of anilines is 1. The highest BCUT2D eigenvalue weighted by atomic mass is 35.5. The lowest BCUT2D eigenvalue weighted by atomic mass is 10.0. The summed E-state index contributed by atoms with van der Waals surface area (Å²) in [6.07, 6.45) is 2.60. The van der Waals surface area contributed by atoms with Crippen molar-refractivity contribution in [3.63, 3.8) is 0 Å². The van der Waals surface area contributed by atoms with Crippen molar-refractivity contribution in [2.24, 2.45) is 5.92 Å². The van der Waals surface area contributed by atoms with Gasteiger partial charge in [0.1, 0.15) is 5.75 Å². The smallest absolute Gasteiger partial charge is 0.224 e. The molecule has 0 bridgehead atoms. The molecular formula is C19H22Cl2N2O2. The van der Waals surface area contributed by atoms with E-state index >= 15 is 0 Å². The largest absolute Gasteiger partial charge is 0.455 e. The van der Waals surface area contributed by atoms with Gasteiger partial charge in [-0.15, -0.1) is 12.4 Å². The first-order chi connectivity index (χ1) is 11.7. The van der Waals surface area contributed by atoms with E-state index in [1.807, 2.05) is 24.3 Å². The third-order valence-electron chi connectivity index (χ3n) is 4.14. The number of rotatable bonds is 6. The van der Waals surface area contributed by atoms with Crippen LogP contribution in [0.1, 0.15) is 19.3 Å². The van der Waals surface area contributed by atoms with Crippen LogP contribution in [0.15, 0.2) is 48.5 Å². The van der Waals surface area contributed by atoms with Gasteiger partial charge in [0.25, 0.3) is 0 Å². The van der Waals surface area contributed by atoms with Crippen LogP contribution >= 0.6 is 24.0 Å². The van der Waals surface area contributed by atoms with E-state index in [0.717, 1.165) is 25.9 Å². The summed E-state index contributed by atoms with van der Waals surface area (Å²) in [5, 5.41) is 6.94. The minimum atomic E-state index is 0. The number of para-hydroxylation sites is 2. The van der Waals surface area contributed by atoms with Crippen molar-refractivity contribution in [3.05, 3.63) is 53.6 Å². The fraction of sp³-hybridized carbons (Fsp3) is 0.316. The molecule has 1 aliphatic rings. The summed E-state index contributed by atoms with van der Waals surface area (Å²) in [6.45, 7) is 2.08. The molecular weight excluding hydrogens is 359 g/mol. The van der Waals surface area contributed by atoms with Gasteiger partial charge >= 0.3 is 0 Å². The molecule has 3 rings (SSSR count). The van der Waals surface area contributed by atoms with E-state index in [1.54, 1.807) is 24.3 Å². The predicted molar refractivity (Wildman–Crippen MR) is 104 cm³/mol. The van der Waals surface area contributed by atoms with Gasteiger partial charge in [-0.3, -0.25) is 4.79 Å². The molecule has 2 aromatic carbocycles. The van der Waals surface area contributed by atoms with Gasteiger partial charge in [-0.2, -0.15) is 0 Å². The average molecular weight is 381 g/mol. The highest BCUT2D eigenvalue weighted by Gasteiger charge is 2.16. The SMILES string of the molecule is Cl.O=C(CCC1CCNC1)Nc1ccccc1Oc1ccc(Cl)cc1. The number of hydrogen-bond acceptors (Lipinski definition) is 3. The Balaban J connectivity index is 0.00000225. The molecule has 1 heterocycles. The lowest BCUT2D eigenvalue weighted by Gasteiger charge is -2.13. The first-order valence-corrected chi connectivity index (χ1v) is 8.61. The van der Waals surface area contributed by atoms with Crippen LogP contribution in [0.5, 0.6) is 11.5 Å². The van der Waals surface area contributed by atoms with Crippen LogP contribution < -0.4 is 15.4 Å². The number of ether oxygens (including phenoxy) is 1. The number of hydrogen-bond donors (Lipinski definition) is 2. The zero-order chi connectivity index (χ0) is 16.8. The van der Waals surface area contributed by atoms with Gasteiger partial charge in [0.15, 0.2) is 5.75 Å². The van der Waals surface area contributed by atoms with Gasteiger partial charge in [-0.1, -0.05) is 23.7 Å². The van der Waals surface area contributed by atoms with Gasteiger partial charge in [0.05, 0.1) is 5.69 Å². The van der Waals surface area contributed by atoms with Crippen molar-refractivity contribution in [2.45, 2.75) is 19.3 Å². The summed E-state index contributed by atoms with van der Waals surface area (Å²) < 4.78 is 5.86. The molecule has 2 aromatic rings. The van der Waals surface area contributed by atoms with Gasteiger partial charge in [-0.25, -0.2) is 0 Å². The number of halogens is 2. The first kappa shape index (κ1) is 19.6. The fourth-order valence-corrected chi connectivity index (χ4v) is 2.92. The average Bonchev–Trinajstić information content (AvgIpc) is 3.10. The Morgan fingerprint density at radius 3 is 2.68 bits per heavy atom. The summed E-state index contributed by atoms with van der Waals surface area (Å²) in [5.74, 6) is 1.93. The Morgan fingerprint density at radius 1 is 1.20 bits per heavy atom. The van der Waals surface area contributed by atoms with E-state index in [9.17, 15) is 4.79 Å². The lowest BCUT2D eigenvalue weighted by molar-refractivity contribution is -0.116. The van der Waals surface area contributed by atoms with Crippen molar-refractivity contribution in [2.75, 3.05) is 18.4 Å². The highest BCUT2D eigenvalue weighted by molar-refractivity contribution is 6.30. The summed E-state index contributed by atoms with van der Waals surface area (Å²) in [6, 6.07) is 14.6. The summed E-state index contributed by atoms with van der Waals surface area (Å²) in [5.41, 5.74) is 0.682. The molecule has 0 radical (unpaired) electrons. The van der Waals surface area contributed by atoms with E-state index < -0.39 is 0 Å². The molecule has 1 atom stereocenters. The molecule has 6 heteroatoms. The predicted octanol–water partition coefficient (Wildman–Crippen LogP) is 4.88. The molecule has 1 fully saturated rings. The van der Waals surface area contributed by atoms with Crippen LogP contribution in [0.2, 0.25) is 5.02 Å². The minimum absolute atomic E-state index is 0. The maximum absolute atomic E-state index is 12.2.